The minimum atomic E-state index is -0.686. The monoisotopic (exact) mass is 570 g/mol. The number of carbonyl (C=O) groups excluding carboxylic acids is 2. The molecule has 0 saturated heterocycles. The molecule has 0 bridgehead atoms. The van der Waals surface area contributed by atoms with Gasteiger partial charge in [0.15, 0.2) is 6.61 Å². The second-order valence-electron chi connectivity index (χ2n) is 9.55. The van der Waals surface area contributed by atoms with E-state index in [9.17, 15) is 9.59 Å². The quantitative estimate of drug-likeness (QED) is 0.353. The lowest BCUT2D eigenvalue weighted by Gasteiger charge is -2.33. The molecule has 0 radical (unpaired) electrons. The molecule has 2 aromatic rings. The predicted molar refractivity (Wildman–Crippen MR) is 143 cm³/mol. The average molecular weight is 572 g/mol. The Morgan fingerprint density at radius 3 is 2.32 bits per heavy atom. The van der Waals surface area contributed by atoms with Gasteiger partial charge in [0, 0.05) is 22.1 Å². The van der Waals surface area contributed by atoms with Gasteiger partial charge in [-0.25, -0.2) is 0 Å². The molecule has 0 aliphatic carbocycles. The van der Waals surface area contributed by atoms with E-state index in [1.54, 1.807) is 18.2 Å². The molecule has 2 amide bonds. The Morgan fingerprint density at radius 1 is 1.12 bits per heavy atom. The van der Waals surface area contributed by atoms with Gasteiger partial charge < -0.3 is 15.0 Å². The van der Waals surface area contributed by atoms with E-state index in [4.69, 9.17) is 27.9 Å². The summed E-state index contributed by atoms with van der Waals surface area (Å²) in [5.74, 6) is 0.394. The second-order valence-corrected chi connectivity index (χ2v) is 11.3. The van der Waals surface area contributed by atoms with Gasteiger partial charge in [-0.3, -0.25) is 9.59 Å². The standard InChI is InChI=1S/C26H33BrCl2N2O3/c1-7-22(25(33)30-26(4,5)6)31(14-18-8-10-19(28)13-21(18)29)24(32)15-34-23-11-9-17(16(2)3)12-20(23)27/h8-13,16,22H,7,14-15H2,1-6H3,(H,30,33)/t22-/m1/s1. The lowest BCUT2D eigenvalue weighted by molar-refractivity contribution is -0.143. The predicted octanol–water partition coefficient (Wildman–Crippen LogP) is 6.98. The first kappa shape index (κ1) is 28.5. The van der Waals surface area contributed by atoms with Gasteiger partial charge >= 0.3 is 0 Å². The van der Waals surface area contributed by atoms with Crippen molar-refractivity contribution in [2.45, 2.75) is 72.0 Å². The molecule has 186 valence electrons. The minimum Gasteiger partial charge on any atom is -0.483 e. The number of ether oxygens (including phenoxy) is 1. The van der Waals surface area contributed by atoms with Gasteiger partial charge in [-0.2, -0.15) is 0 Å². The SMILES string of the molecule is CC[C@H](C(=O)NC(C)(C)C)N(Cc1ccc(Cl)cc1Cl)C(=O)COc1ccc(C(C)C)cc1Br. The number of halogens is 3. The first-order valence-corrected chi connectivity index (χ1v) is 12.8. The fraction of sp³-hybridized carbons (Fsp3) is 0.462. The number of hydrogen-bond acceptors (Lipinski definition) is 3. The Labute approximate surface area is 221 Å². The van der Waals surface area contributed by atoms with Crippen LogP contribution in [-0.2, 0) is 16.1 Å². The normalized spacial score (nSPS) is 12.4. The summed E-state index contributed by atoms with van der Waals surface area (Å²) in [7, 11) is 0. The third-order valence-corrected chi connectivity index (χ3v) is 6.42. The molecule has 0 saturated carbocycles. The van der Waals surface area contributed by atoms with Gasteiger partial charge in [0.2, 0.25) is 5.91 Å². The van der Waals surface area contributed by atoms with Crippen molar-refractivity contribution in [1.82, 2.24) is 10.2 Å². The lowest BCUT2D eigenvalue weighted by Crippen LogP contribution is -2.54. The topological polar surface area (TPSA) is 58.6 Å². The zero-order valence-corrected chi connectivity index (χ0v) is 23.6. The van der Waals surface area contributed by atoms with Crippen LogP contribution in [0, 0.1) is 0 Å². The van der Waals surface area contributed by atoms with Crippen LogP contribution in [0.2, 0.25) is 10.0 Å². The van der Waals surface area contributed by atoms with E-state index in [0.717, 1.165) is 10.0 Å². The summed E-state index contributed by atoms with van der Waals surface area (Å²) in [4.78, 5) is 28.0. The number of nitrogens with zero attached hydrogens (tertiary/aromatic N) is 1. The van der Waals surface area contributed by atoms with Gasteiger partial charge in [-0.15, -0.1) is 0 Å². The second kappa shape index (κ2) is 12.3. The highest BCUT2D eigenvalue weighted by atomic mass is 79.9. The summed E-state index contributed by atoms with van der Waals surface area (Å²) in [6, 6.07) is 10.2. The number of hydrogen-bond donors (Lipinski definition) is 1. The third-order valence-electron chi connectivity index (χ3n) is 5.21. The van der Waals surface area contributed by atoms with E-state index >= 15 is 0 Å². The molecule has 0 spiro atoms. The van der Waals surface area contributed by atoms with Crippen LogP contribution >= 0.6 is 39.1 Å². The summed E-state index contributed by atoms with van der Waals surface area (Å²) in [6.07, 6.45) is 0.436. The highest BCUT2D eigenvalue weighted by Gasteiger charge is 2.31. The number of rotatable bonds is 9. The highest BCUT2D eigenvalue weighted by Crippen LogP contribution is 2.29. The number of nitrogens with one attached hydrogen (secondary N) is 1. The maximum absolute atomic E-state index is 13.4. The fourth-order valence-electron chi connectivity index (χ4n) is 3.42. The Morgan fingerprint density at radius 2 is 1.79 bits per heavy atom. The Bertz CT molecular complexity index is 1020. The molecule has 5 nitrogen and oxygen atoms in total. The van der Waals surface area contributed by atoms with Crippen LogP contribution in [0.4, 0.5) is 0 Å². The Balaban J connectivity index is 2.29. The van der Waals surface area contributed by atoms with Gasteiger partial charge in [-0.1, -0.05) is 56.1 Å². The molecule has 34 heavy (non-hydrogen) atoms. The van der Waals surface area contributed by atoms with Crippen LogP contribution in [-0.4, -0.2) is 34.9 Å². The fourth-order valence-corrected chi connectivity index (χ4v) is 4.40. The van der Waals surface area contributed by atoms with E-state index in [2.05, 4.69) is 35.1 Å². The van der Waals surface area contributed by atoms with E-state index in [-0.39, 0.29) is 25.0 Å². The van der Waals surface area contributed by atoms with Crippen molar-refractivity contribution in [3.05, 3.63) is 62.0 Å². The van der Waals surface area contributed by atoms with Crippen molar-refractivity contribution in [1.29, 1.82) is 0 Å². The molecule has 1 N–H and O–H groups in total. The van der Waals surface area contributed by atoms with Crippen molar-refractivity contribution in [3.63, 3.8) is 0 Å². The van der Waals surface area contributed by atoms with Crippen molar-refractivity contribution < 1.29 is 14.3 Å². The van der Waals surface area contributed by atoms with Crippen molar-refractivity contribution in [2.24, 2.45) is 0 Å². The zero-order valence-electron chi connectivity index (χ0n) is 20.5. The summed E-state index contributed by atoms with van der Waals surface area (Å²) < 4.78 is 6.63. The van der Waals surface area contributed by atoms with Gasteiger partial charge in [0.1, 0.15) is 11.8 Å². The van der Waals surface area contributed by atoms with Gasteiger partial charge in [0.25, 0.3) is 5.91 Å². The molecular weight excluding hydrogens is 539 g/mol. The van der Waals surface area contributed by atoms with Crippen molar-refractivity contribution in [2.75, 3.05) is 6.61 Å². The molecule has 0 fully saturated rings. The molecule has 1 atom stereocenters. The smallest absolute Gasteiger partial charge is 0.261 e. The molecule has 0 aliphatic heterocycles. The van der Waals surface area contributed by atoms with E-state index in [1.165, 1.54) is 4.90 Å². The van der Waals surface area contributed by atoms with E-state index in [0.29, 0.717) is 33.7 Å². The van der Waals surface area contributed by atoms with Gasteiger partial charge in [-0.05, 0) is 84.4 Å². The average Bonchev–Trinajstić information content (AvgIpc) is 2.72. The Kier molecular flexibility index (Phi) is 10.3. The maximum Gasteiger partial charge on any atom is 0.261 e. The maximum atomic E-state index is 13.4. The van der Waals surface area contributed by atoms with Crippen LogP contribution in [0.3, 0.4) is 0 Å². The summed E-state index contributed by atoms with van der Waals surface area (Å²) in [5, 5.41) is 3.92. The van der Waals surface area contributed by atoms with Crippen LogP contribution in [0.5, 0.6) is 5.75 Å². The number of amides is 2. The third kappa shape index (κ3) is 8.17. The zero-order chi connectivity index (χ0) is 25.6. The lowest BCUT2D eigenvalue weighted by atomic mass is 10.0. The molecule has 0 aliphatic rings. The van der Waals surface area contributed by atoms with E-state index in [1.807, 2.05) is 45.9 Å². The van der Waals surface area contributed by atoms with E-state index < -0.39 is 11.6 Å². The van der Waals surface area contributed by atoms with Crippen LogP contribution in [0.15, 0.2) is 40.9 Å². The molecule has 0 heterocycles. The molecule has 0 unspecified atom stereocenters. The van der Waals surface area contributed by atoms with Gasteiger partial charge in [0.05, 0.1) is 4.47 Å². The van der Waals surface area contributed by atoms with Crippen molar-refractivity contribution >= 4 is 50.9 Å². The molecule has 2 aromatic carbocycles. The molecule has 0 aromatic heterocycles. The van der Waals surface area contributed by atoms with Crippen LogP contribution in [0.25, 0.3) is 0 Å². The Hall–Kier alpha value is -1.76. The summed E-state index contributed by atoms with van der Waals surface area (Å²) in [6.45, 7) is 11.7. The largest absolute Gasteiger partial charge is 0.483 e. The number of carbonyl (C=O) groups is 2. The van der Waals surface area contributed by atoms with Crippen molar-refractivity contribution in [3.8, 4) is 5.75 Å². The first-order valence-electron chi connectivity index (χ1n) is 11.3. The summed E-state index contributed by atoms with van der Waals surface area (Å²) >= 11 is 16.0. The number of benzene rings is 2. The molecule has 8 heteroatoms. The highest BCUT2D eigenvalue weighted by molar-refractivity contribution is 9.10. The molecule has 2 rings (SSSR count). The van der Waals surface area contributed by atoms with Crippen LogP contribution in [0.1, 0.15) is 65.0 Å². The minimum absolute atomic E-state index is 0.154. The molecular formula is C26H33BrCl2N2O3. The first-order chi connectivity index (χ1) is 15.8. The van der Waals surface area contributed by atoms with Crippen LogP contribution < -0.4 is 10.1 Å². The summed E-state index contributed by atoms with van der Waals surface area (Å²) in [5.41, 5.74) is 1.43.